The Morgan fingerprint density at radius 3 is 2.48 bits per heavy atom. The van der Waals surface area contributed by atoms with Crippen LogP contribution in [0.2, 0.25) is 5.02 Å². The number of thiophene rings is 1. The van der Waals surface area contributed by atoms with Crippen molar-refractivity contribution in [3.05, 3.63) is 42.4 Å². The normalized spacial score (nSPS) is 11.4. The fraction of sp³-hybridized carbons (Fsp3) is 0. The molecule has 112 valence electrons. The van der Waals surface area contributed by atoms with E-state index in [1.54, 1.807) is 0 Å². The summed E-state index contributed by atoms with van der Waals surface area (Å²) < 4.78 is 27.7. The first-order valence-corrected chi connectivity index (χ1v) is 9.47. The predicted molar refractivity (Wildman–Crippen MR) is 88.9 cm³/mol. The number of nitrogens with one attached hydrogen (secondary N) is 1. The minimum absolute atomic E-state index is 0.0699. The van der Waals surface area contributed by atoms with Gasteiger partial charge in [-0.1, -0.05) is 11.6 Å². The molecule has 0 aliphatic heterocycles. The van der Waals surface area contributed by atoms with Gasteiger partial charge in [0.1, 0.15) is 9.77 Å². The van der Waals surface area contributed by atoms with Crippen LogP contribution in [0.15, 0.2) is 37.4 Å². The molecule has 2 N–H and O–H groups in total. The van der Waals surface area contributed by atoms with Crippen LogP contribution >= 0.6 is 54.8 Å². The fourth-order valence-electron chi connectivity index (χ4n) is 1.41. The van der Waals surface area contributed by atoms with Gasteiger partial charge in [-0.2, -0.15) is 0 Å². The average molecular weight is 476 g/mol. The third-order valence-corrected chi connectivity index (χ3v) is 7.16. The van der Waals surface area contributed by atoms with Crippen molar-refractivity contribution in [2.45, 2.75) is 4.90 Å². The number of sulfonamides is 1. The van der Waals surface area contributed by atoms with E-state index in [0.717, 1.165) is 17.4 Å². The maximum absolute atomic E-state index is 12.3. The van der Waals surface area contributed by atoms with Gasteiger partial charge in [0.2, 0.25) is 0 Å². The molecule has 0 atom stereocenters. The molecule has 0 bridgehead atoms. The molecule has 0 aliphatic rings. The number of carboxylic acids is 1. The van der Waals surface area contributed by atoms with Gasteiger partial charge in [0.15, 0.2) is 0 Å². The van der Waals surface area contributed by atoms with Crippen LogP contribution in [-0.4, -0.2) is 19.5 Å². The van der Waals surface area contributed by atoms with Crippen LogP contribution in [0.25, 0.3) is 0 Å². The van der Waals surface area contributed by atoms with Crippen molar-refractivity contribution in [3.8, 4) is 0 Å². The smallest absolute Gasteiger partial charge is 0.345 e. The van der Waals surface area contributed by atoms with E-state index in [4.69, 9.17) is 16.7 Å². The predicted octanol–water partition coefficient (Wildman–Crippen LogP) is 4.43. The van der Waals surface area contributed by atoms with Gasteiger partial charge in [-0.15, -0.1) is 11.3 Å². The highest BCUT2D eigenvalue weighted by molar-refractivity contribution is 9.11. The summed E-state index contributed by atoms with van der Waals surface area (Å²) in [5.41, 5.74) is 0.307. The van der Waals surface area contributed by atoms with Crippen LogP contribution in [0, 0.1) is 0 Å². The summed E-state index contributed by atoms with van der Waals surface area (Å²) in [4.78, 5) is 10.7. The molecule has 2 rings (SSSR count). The zero-order valence-electron chi connectivity index (χ0n) is 9.93. The van der Waals surface area contributed by atoms with Crippen LogP contribution in [0.3, 0.4) is 0 Å². The average Bonchev–Trinajstić information content (AvgIpc) is 2.77. The third-order valence-electron chi connectivity index (χ3n) is 2.33. The fourth-order valence-corrected chi connectivity index (χ4v) is 5.36. The SMILES string of the molecule is O=C(O)c1cc(S(=O)(=O)Nc2ccc(Cl)c(Br)c2)c(Br)s1. The molecule has 1 heterocycles. The van der Waals surface area contributed by atoms with Crippen molar-refractivity contribution in [3.63, 3.8) is 0 Å². The van der Waals surface area contributed by atoms with Gasteiger partial charge in [-0.3, -0.25) is 4.72 Å². The molecule has 0 spiro atoms. The Hall–Kier alpha value is -0.610. The summed E-state index contributed by atoms with van der Waals surface area (Å²) in [5.74, 6) is -1.18. The number of rotatable bonds is 4. The second-order valence-corrected chi connectivity index (χ2v) is 9.07. The highest BCUT2D eigenvalue weighted by atomic mass is 79.9. The summed E-state index contributed by atoms with van der Waals surface area (Å²) in [7, 11) is -3.90. The van der Waals surface area contributed by atoms with Crippen molar-refractivity contribution in [2.24, 2.45) is 0 Å². The molecule has 0 radical (unpaired) electrons. The van der Waals surface area contributed by atoms with Crippen LogP contribution < -0.4 is 4.72 Å². The zero-order chi connectivity index (χ0) is 15.8. The molecule has 0 unspecified atom stereocenters. The number of benzene rings is 1. The van der Waals surface area contributed by atoms with E-state index in [0.29, 0.717) is 15.2 Å². The molecular formula is C11H6Br2ClNO4S2. The Morgan fingerprint density at radius 2 is 1.95 bits per heavy atom. The number of hydrogen-bond donors (Lipinski definition) is 2. The van der Waals surface area contributed by atoms with Crippen LogP contribution in [0.4, 0.5) is 5.69 Å². The van der Waals surface area contributed by atoms with Gasteiger partial charge < -0.3 is 5.11 Å². The van der Waals surface area contributed by atoms with E-state index < -0.39 is 16.0 Å². The molecule has 0 aliphatic carbocycles. The van der Waals surface area contributed by atoms with Gasteiger partial charge in [0, 0.05) is 4.47 Å². The molecular weight excluding hydrogens is 470 g/mol. The molecule has 1 aromatic carbocycles. The van der Waals surface area contributed by atoms with E-state index >= 15 is 0 Å². The molecule has 5 nitrogen and oxygen atoms in total. The van der Waals surface area contributed by atoms with Crippen molar-refractivity contribution in [2.75, 3.05) is 4.72 Å². The second kappa shape index (κ2) is 6.25. The minimum Gasteiger partial charge on any atom is -0.477 e. The Kier molecular flexibility index (Phi) is 4.99. The molecule has 0 saturated carbocycles. The lowest BCUT2D eigenvalue weighted by Crippen LogP contribution is -2.12. The number of hydrogen-bond acceptors (Lipinski definition) is 4. The van der Waals surface area contributed by atoms with Gasteiger partial charge in [-0.25, -0.2) is 13.2 Å². The highest BCUT2D eigenvalue weighted by Crippen LogP contribution is 2.33. The quantitative estimate of drug-likeness (QED) is 0.686. The minimum atomic E-state index is -3.90. The number of carbonyl (C=O) groups is 1. The first-order valence-electron chi connectivity index (χ1n) is 5.21. The van der Waals surface area contributed by atoms with Gasteiger partial charge in [0.05, 0.1) is 14.5 Å². The van der Waals surface area contributed by atoms with Crippen LogP contribution in [-0.2, 0) is 10.0 Å². The van der Waals surface area contributed by atoms with Crippen LogP contribution in [0.1, 0.15) is 9.67 Å². The molecule has 0 fully saturated rings. The lowest BCUT2D eigenvalue weighted by atomic mass is 10.3. The molecule has 10 heteroatoms. The van der Waals surface area contributed by atoms with Gasteiger partial charge in [0.25, 0.3) is 10.0 Å². The van der Waals surface area contributed by atoms with Crippen LogP contribution in [0.5, 0.6) is 0 Å². The summed E-state index contributed by atoms with van der Waals surface area (Å²) in [6, 6.07) is 5.65. The molecule has 2 aromatic rings. The highest BCUT2D eigenvalue weighted by Gasteiger charge is 2.23. The Morgan fingerprint density at radius 1 is 1.29 bits per heavy atom. The Balaban J connectivity index is 2.38. The first-order chi connectivity index (χ1) is 9.70. The van der Waals surface area contributed by atoms with E-state index in [9.17, 15) is 13.2 Å². The molecule has 0 amide bonds. The summed E-state index contributed by atoms with van der Waals surface area (Å²) in [5, 5.41) is 9.35. The molecule has 0 saturated heterocycles. The molecule has 1 aromatic heterocycles. The first kappa shape index (κ1) is 16.8. The van der Waals surface area contributed by atoms with Crippen molar-refractivity contribution < 1.29 is 18.3 Å². The largest absolute Gasteiger partial charge is 0.477 e. The number of aromatic carboxylic acids is 1. The maximum Gasteiger partial charge on any atom is 0.345 e. The summed E-state index contributed by atoms with van der Waals surface area (Å²) >= 11 is 12.9. The Bertz CT molecular complexity index is 820. The van der Waals surface area contributed by atoms with E-state index in [-0.39, 0.29) is 13.6 Å². The molecule has 21 heavy (non-hydrogen) atoms. The van der Waals surface area contributed by atoms with Crippen molar-refractivity contribution in [1.29, 1.82) is 0 Å². The maximum atomic E-state index is 12.3. The standard InChI is InChI=1S/C11H6Br2ClNO4S2/c12-6-3-5(1-2-7(6)14)15-21(18,19)9-4-8(11(16)17)20-10(9)13/h1-4,15H,(H,16,17). The lowest BCUT2D eigenvalue weighted by Gasteiger charge is -2.08. The Labute approximate surface area is 146 Å². The van der Waals surface area contributed by atoms with E-state index in [2.05, 4.69) is 36.6 Å². The van der Waals surface area contributed by atoms with E-state index in [1.807, 2.05) is 0 Å². The lowest BCUT2D eigenvalue weighted by molar-refractivity contribution is 0.0702. The van der Waals surface area contributed by atoms with Crippen molar-refractivity contribution >= 4 is 76.5 Å². The zero-order valence-corrected chi connectivity index (χ0v) is 15.5. The van der Waals surface area contributed by atoms with Crippen molar-refractivity contribution in [1.82, 2.24) is 0 Å². The van der Waals surface area contributed by atoms with E-state index in [1.165, 1.54) is 18.2 Å². The third kappa shape index (κ3) is 3.78. The number of halogens is 3. The van der Waals surface area contributed by atoms with Gasteiger partial charge >= 0.3 is 5.97 Å². The monoisotopic (exact) mass is 473 g/mol. The number of anilines is 1. The summed E-state index contributed by atoms with van der Waals surface area (Å²) in [6.45, 7) is 0. The number of carboxylic acid groups (broad SMARTS) is 1. The van der Waals surface area contributed by atoms with Gasteiger partial charge in [-0.05, 0) is 56.1 Å². The second-order valence-electron chi connectivity index (χ2n) is 3.79. The summed E-state index contributed by atoms with van der Waals surface area (Å²) in [6.07, 6.45) is 0. The topological polar surface area (TPSA) is 83.5 Å².